The van der Waals surface area contributed by atoms with Crippen LogP contribution in [0.3, 0.4) is 0 Å². The van der Waals surface area contributed by atoms with Gasteiger partial charge in [0.05, 0.1) is 26.8 Å². The van der Waals surface area contributed by atoms with E-state index in [9.17, 15) is 9.59 Å². The molecule has 7 nitrogen and oxygen atoms in total. The summed E-state index contributed by atoms with van der Waals surface area (Å²) in [7, 11) is 3.20. The third kappa shape index (κ3) is 5.09. The molecular formula is C18H27N3O4. The van der Waals surface area contributed by atoms with Crippen LogP contribution < -0.4 is 20.5 Å². The Balaban J connectivity index is 1.91. The van der Waals surface area contributed by atoms with Crippen LogP contribution in [-0.2, 0) is 9.59 Å². The molecule has 0 saturated carbocycles. The van der Waals surface area contributed by atoms with Gasteiger partial charge in [0.25, 0.3) is 0 Å². The number of hydrogen-bond donors (Lipinski definition) is 2. The molecule has 0 bridgehead atoms. The predicted octanol–water partition coefficient (Wildman–Crippen LogP) is 1.08. The van der Waals surface area contributed by atoms with Gasteiger partial charge in [-0.2, -0.15) is 0 Å². The highest BCUT2D eigenvalue weighted by molar-refractivity contribution is 5.79. The summed E-state index contributed by atoms with van der Waals surface area (Å²) in [6.45, 7) is 3.63. The van der Waals surface area contributed by atoms with Gasteiger partial charge < -0.3 is 20.5 Å². The Morgan fingerprint density at radius 1 is 1.28 bits per heavy atom. The van der Waals surface area contributed by atoms with E-state index in [2.05, 4.69) is 5.32 Å². The Morgan fingerprint density at radius 2 is 1.96 bits per heavy atom. The van der Waals surface area contributed by atoms with E-state index in [1.165, 1.54) is 0 Å². The molecular weight excluding hydrogens is 322 g/mol. The van der Waals surface area contributed by atoms with Crippen molar-refractivity contribution in [2.45, 2.75) is 25.8 Å². The van der Waals surface area contributed by atoms with Gasteiger partial charge in [-0.1, -0.05) is 0 Å². The molecule has 2 amide bonds. The summed E-state index contributed by atoms with van der Waals surface area (Å²) in [5.41, 5.74) is 6.20. The van der Waals surface area contributed by atoms with Crippen LogP contribution in [-0.4, -0.2) is 50.6 Å². The lowest BCUT2D eigenvalue weighted by Gasteiger charge is -2.30. The van der Waals surface area contributed by atoms with Crippen LogP contribution in [0.5, 0.6) is 11.5 Å². The fraction of sp³-hybridized carbons (Fsp3) is 0.556. The van der Waals surface area contributed by atoms with Crippen LogP contribution in [0.1, 0.15) is 31.4 Å². The molecule has 1 aromatic carbocycles. The highest BCUT2D eigenvalue weighted by Gasteiger charge is 2.24. The fourth-order valence-electron chi connectivity index (χ4n) is 3.12. The highest BCUT2D eigenvalue weighted by atomic mass is 16.5. The van der Waals surface area contributed by atoms with Crippen molar-refractivity contribution in [2.24, 2.45) is 11.7 Å². The molecule has 1 aromatic rings. The number of nitrogens with two attached hydrogens (primary N) is 1. The van der Waals surface area contributed by atoms with Crippen LogP contribution in [0.4, 0.5) is 0 Å². The van der Waals surface area contributed by atoms with Crippen molar-refractivity contribution < 1.29 is 19.1 Å². The Kier molecular flexibility index (Phi) is 6.64. The molecule has 1 atom stereocenters. The first-order valence-electron chi connectivity index (χ1n) is 8.47. The number of methoxy groups -OCH3 is 2. The molecule has 0 spiro atoms. The maximum absolute atomic E-state index is 12.3. The van der Waals surface area contributed by atoms with E-state index in [0.29, 0.717) is 44.0 Å². The number of carbonyl (C=O) groups is 2. The van der Waals surface area contributed by atoms with E-state index in [1.54, 1.807) is 14.2 Å². The maximum Gasteiger partial charge on any atom is 0.234 e. The summed E-state index contributed by atoms with van der Waals surface area (Å²) in [6, 6.07) is 5.30. The average molecular weight is 349 g/mol. The molecule has 1 aliphatic rings. The van der Waals surface area contributed by atoms with Crippen molar-refractivity contribution in [3.63, 3.8) is 0 Å². The highest BCUT2D eigenvalue weighted by Crippen LogP contribution is 2.29. The van der Waals surface area contributed by atoms with Crippen molar-refractivity contribution in [2.75, 3.05) is 33.9 Å². The van der Waals surface area contributed by atoms with Gasteiger partial charge in [0.15, 0.2) is 0 Å². The van der Waals surface area contributed by atoms with E-state index in [1.807, 2.05) is 30.0 Å². The zero-order valence-corrected chi connectivity index (χ0v) is 15.1. The van der Waals surface area contributed by atoms with Crippen LogP contribution in [0.25, 0.3) is 0 Å². The zero-order valence-electron chi connectivity index (χ0n) is 15.1. The third-order valence-corrected chi connectivity index (χ3v) is 4.64. The molecule has 2 rings (SSSR count). The van der Waals surface area contributed by atoms with Crippen LogP contribution in [0.15, 0.2) is 18.2 Å². The van der Waals surface area contributed by atoms with Gasteiger partial charge in [-0.15, -0.1) is 0 Å². The molecule has 3 N–H and O–H groups in total. The smallest absolute Gasteiger partial charge is 0.234 e. The SMILES string of the molecule is COc1ccc(OC)c([C@H](C)NC(=O)CN2CCC(C(N)=O)CC2)c1. The van der Waals surface area contributed by atoms with Gasteiger partial charge in [0.2, 0.25) is 11.8 Å². The molecule has 1 fully saturated rings. The summed E-state index contributed by atoms with van der Waals surface area (Å²) in [5.74, 6) is 1.04. The van der Waals surface area contributed by atoms with E-state index in [4.69, 9.17) is 15.2 Å². The molecule has 0 aliphatic carbocycles. The fourth-order valence-corrected chi connectivity index (χ4v) is 3.12. The number of ether oxygens (including phenoxy) is 2. The van der Waals surface area contributed by atoms with Gasteiger partial charge >= 0.3 is 0 Å². The summed E-state index contributed by atoms with van der Waals surface area (Å²) in [6.07, 6.45) is 1.42. The Bertz CT molecular complexity index is 612. The van der Waals surface area contributed by atoms with E-state index in [0.717, 1.165) is 5.56 Å². The number of nitrogens with zero attached hydrogens (tertiary/aromatic N) is 1. The zero-order chi connectivity index (χ0) is 18.4. The molecule has 1 saturated heterocycles. The average Bonchev–Trinajstić information content (AvgIpc) is 2.61. The minimum atomic E-state index is -0.247. The van der Waals surface area contributed by atoms with Crippen molar-refractivity contribution >= 4 is 11.8 Å². The lowest BCUT2D eigenvalue weighted by atomic mass is 9.96. The van der Waals surface area contributed by atoms with E-state index < -0.39 is 0 Å². The van der Waals surface area contributed by atoms with Crippen molar-refractivity contribution in [1.82, 2.24) is 10.2 Å². The van der Waals surface area contributed by atoms with E-state index >= 15 is 0 Å². The molecule has 1 heterocycles. The van der Waals surface area contributed by atoms with Gasteiger partial charge in [0.1, 0.15) is 11.5 Å². The normalized spacial score (nSPS) is 16.9. The summed E-state index contributed by atoms with van der Waals surface area (Å²) >= 11 is 0. The second-order valence-corrected chi connectivity index (χ2v) is 6.35. The Morgan fingerprint density at radius 3 is 2.52 bits per heavy atom. The molecule has 25 heavy (non-hydrogen) atoms. The number of hydrogen-bond acceptors (Lipinski definition) is 5. The van der Waals surface area contributed by atoms with Gasteiger partial charge in [-0.3, -0.25) is 14.5 Å². The lowest BCUT2D eigenvalue weighted by Crippen LogP contribution is -2.44. The summed E-state index contributed by atoms with van der Waals surface area (Å²) in [4.78, 5) is 25.6. The van der Waals surface area contributed by atoms with Crippen LogP contribution in [0.2, 0.25) is 0 Å². The number of primary amides is 1. The number of carbonyl (C=O) groups excluding carboxylic acids is 2. The Labute approximate surface area is 148 Å². The molecule has 1 aliphatic heterocycles. The quantitative estimate of drug-likeness (QED) is 0.768. The summed E-state index contributed by atoms with van der Waals surface area (Å²) in [5, 5.41) is 3.00. The first kappa shape index (κ1) is 19.1. The molecule has 0 radical (unpaired) electrons. The number of rotatable bonds is 7. The largest absolute Gasteiger partial charge is 0.497 e. The van der Waals surface area contributed by atoms with Crippen LogP contribution in [0, 0.1) is 5.92 Å². The van der Waals surface area contributed by atoms with Crippen LogP contribution >= 0.6 is 0 Å². The predicted molar refractivity (Wildman–Crippen MR) is 94.5 cm³/mol. The topological polar surface area (TPSA) is 93.9 Å². The maximum atomic E-state index is 12.3. The minimum absolute atomic E-state index is 0.0603. The van der Waals surface area contributed by atoms with Gasteiger partial charge in [-0.05, 0) is 51.1 Å². The third-order valence-electron chi connectivity index (χ3n) is 4.64. The van der Waals surface area contributed by atoms with E-state index in [-0.39, 0.29) is 23.8 Å². The molecule has 0 aromatic heterocycles. The number of amides is 2. The standard InChI is InChI=1S/C18H27N3O4/c1-12(15-10-14(24-2)4-5-16(15)25-3)20-17(22)11-21-8-6-13(7-9-21)18(19)23/h4-5,10,12-13H,6-9,11H2,1-3H3,(H2,19,23)(H,20,22)/t12-/m0/s1. The van der Waals surface area contributed by atoms with Crippen molar-refractivity contribution in [1.29, 1.82) is 0 Å². The Hall–Kier alpha value is -2.28. The minimum Gasteiger partial charge on any atom is -0.497 e. The first-order valence-corrected chi connectivity index (χ1v) is 8.47. The second kappa shape index (κ2) is 8.71. The van der Waals surface area contributed by atoms with Crippen molar-refractivity contribution in [3.8, 4) is 11.5 Å². The molecule has 138 valence electrons. The van der Waals surface area contributed by atoms with Crippen molar-refractivity contribution in [3.05, 3.63) is 23.8 Å². The lowest BCUT2D eigenvalue weighted by molar-refractivity contribution is -0.124. The summed E-state index contributed by atoms with van der Waals surface area (Å²) < 4.78 is 10.6. The number of benzene rings is 1. The van der Waals surface area contributed by atoms with Gasteiger partial charge in [0, 0.05) is 11.5 Å². The molecule has 7 heteroatoms. The van der Waals surface area contributed by atoms with Gasteiger partial charge in [-0.25, -0.2) is 0 Å². The number of likely N-dealkylation sites (tertiary alicyclic amines) is 1. The number of nitrogens with one attached hydrogen (secondary N) is 1. The first-order chi connectivity index (χ1) is 11.9. The second-order valence-electron chi connectivity index (χ2n) is 6.35. The number of piperidine rings is 1. The monoisotopic (exact) mass is 349 g/mol. The molecule has 0 unspecified atom stereocenters.